The summed E-state index contributed by atoms with van der Waals surface area (Å²) in [4.78, 5) is 23.6. The van der Waals surface area contributed by atoms with Crippen molar-refractivity contribution in [2.45, 2.75) is 51.2 Å². The molecule has 0 unspecified atom stereocenters. The van der Waals surface area contributed by atoms with Crippen LogP contribution in [0.3, 0.4) is 0 Å². The summed E-state index contributed by atoms with van der Waals surface area (Å²) in [6.45, 7) is 4.95. The van der Waals surface area contributed by atoms with Gasteiger partial charge in [-0.05, 0) is 43.9 Å². The number of nitrogens with zero attached hydrogens (tertiary/aromatic N) is 4. The zero-order valence-corrected chi connectivity index (χ0v) is 14.5. The molecule has 1 amide bonds. The average Bonchev–Trinajstić information content (AvgIpc) is 3.38. The van der Waals surface area contributed by atoms with Gasteiger partial charge < -0.3 is 14.2 Å². The molecule has 4 rings (SSSR count). The summed E-state index contributed by atoms with van der Waals surface area (Å²) in [5.41, 5.74) is 1.53. The predicted octanol–water partition coefficient (Wildman–Crippen LogP) is 2.51. The van der Waals surface area contributed by atoms with Gasteiger partial charge in [0.05, 0.1) is 12.7 Å². The van der Waals surface area contributed by atoms with E-state index in [1.54, 1.807) is 11.1 Å². The second-order valence-corrected chi connectivity index (χ2v) is 6.69. The molecule has 0 bridgehead atoms. The van der Waals surface area contributed by atoms with Crippen LogP contribution in [-0.4, -0.2) is 45.2 Å². The standard InChI is InChI=1S/C18H22N4O3/c1-3-12-6-7-19-14(10-12)18(23)22-8-9-24-11(2)15(22)17-20-16(21-25-17)13-4-5-13/h6-7,10-11,13,15H,3-5,8-9H2,1-2H3/t11-,15+/m1/s1. The van der Waals surface area contributed by atoms with Crippen molar-refractivity contribution in [3.05, 3.63) is 41.3 Å². The van der Waals surface area contributed by atoms with E-state index in [2.05, 4.69) is 22.0 Å². The van der Waals surface area contributed by atoms with Gasteiger partial charge in [0, 0.05) is 18.7 Å². The van der Waals surface area contributed by atoms with E-state index in [9.17, 15) is 4.79 Å². The maximum atomic E-state index is 13.1. The summed E-state index contributed by atoms with van der Waals surface area (Å²) < 4.78 is 11.2. The molecule has 2 aliphatic rings. The van der Waals surface area contributed by atoms with Crippen molar-refractivity contribution in [2.75, 3.05) is 13.2 Å². The van der Waals surface area contributed by atoms with Crippen LogP contribution in [0.25, 0.3) is 0 Å². The van der Waals surface area contributed by atoms with E-state index in [-0.39, 0.29) is 18.1 Å². The van der Waals surface area contributed by atoms with Gasteiger partial charge in [0.1, 0.15) is 11.7 Å². The zero-order chi connectivity index (χ0) is 17.4. The molecule has 1 aliphatic heterocycles. The Morgan fingerprint density at radius 2 is 2.24 bits per heavy atom. The lowest BCUT2D eigenvalue weighted by molar-refractivity contribution is -0.0602. The number of carbonyl (C=O) groups excluding carboxylic acids is 1. The van der Waals surface area contributed by atoms with Crippen LogP contribution in [0.1, 0.15) is 66.4 Å². The number of pyridine rings is 1. The highest BCUT2D eigenvalue weighted by Crippen LogP contribution is 2.39. The van der Waals surface area contributed by atoms with Crippen molar-refractivity contribution in [3.63, 3.8) is 0 Å². The van der Waals surface area contributed by atoms with Crippen molar-refractivity contribution in [1.82, 2.24) is 20.0 Å². The minimum atomic E-state index is -0.381. The van der Waals surface area contributed by atoms with Crippen LogP contribution in [0.4, 0.5) is 0 Å². The van der Waals surface area contributed by atoms with E-state index in [1.165, 1.54) is 0 Å². The second kappa shape index (κ2) is 6.55. The van der Waals surface area contributed by atoms with Crippen molar-refractivity contribution in [3.8, 4) is 0 Å². The molecule has 2 aromatic rings. The maximum absolute atomic E-state index is 13.1. The van der Waals surface area contributed by atoms with Crippen molar-refractivity contribution in [1.29, 1.82) is 0 Å². The highest BCUT2D eigenvalue weighted by molar-refractivity contribution is 5.92. The van der Waals surface area contributed by atoms with Crippen molar-refractivity contribution in [2.24, 2.45) is 0 Å². The molecule has 0 aromatic carbocycles. The minimum Gasteiger partial charge on any atom is -0.374 e. The lowest BCUT2D eigenvalue weighted by atomic mass is 10.1. The fourth-order valence-electron chi connectivity index (χ4n) is 3.22. The van der Waals surface area contributed by atoms with Gasteiger partial charge in [-0.2, -0.15) is 4.98 Å². The monoisotopic (exact) mass is 342 g/mol. The Labute approximate surface area is 146 Å². The van der Waals surface area contributed by atoms with Crippen LogP contribution in [0.5, 0.6) is 0 Å². The Bertz CT molecular complexity index is 771. The first-order valence-electron chi connectivity index (χ1n) is 8.88. The summed E-state index contributed by atoms with van der Waals surface area (Å²) in [6, 6.07) is 3.40. The summed E-state index contributed by atoms with van der Waals surface area (Å²) in [7, 11) is 0. The van der Waals surface area contributed by atoms with Crippen molar-refractivity contribution >= 4 is 5.91 Å². The predicted molar refractivity (Wildman–Crippen MR) is 89.1 cm³/mol. The van der Waals surface area contributed by atoms with E-state index in [1.807, 2.05) is 19.1 Å². The first-order chi connectivity index (χ1) is 12.2. The summed E-state index contributed by atoms with van der Waals surface area (Å²) in [6.07, 6.45) is 4.54. The molecule has 7 heteroatoms. The van der Waals surface area contributed by atoms with Crippen LogP contribution in [0.15, 0.2) is 22.9 Å². The number of aryl methyl sites for hydroxylation is 1. The molecule has 0 spiro atoms. The van der Waals surface area contributed by atoms with E-state index in [4.69, 9.17) is 9.26 Å². The second-order valence-electron chi connectivity index (χ2n) is 6.69. The largest absolute Gasteiger partial charge is 0.374 e. The van der Waals surface area contributed by atoms with Gasteiger partial charge >= 0.3 is 0 Å². The Morgan fingerprint density at radius 1 is 1.40 bits per heavy atom. The van der Waals surface area contributed by atoms with Gasteiger partial charge in [0.2, 0.25) is 0 Å². The Morgan fingerprint density at radius 3 is 3.00 bits per heavy atom. The van der Waals surface area contributed by atoms with E-state index < -0.39 is 0 Å². The molecule has 2 atom stereocenters. The van der Waals surface area contributed by atoms with Crippen molar-refractivity contribution < 1.29 is 14.1 Å². The molecule has 2 fully saturated rings. The molecule has 7 nitrogen and oxygen atoms in total. The number of ether oxygens (including phenoxy) is 1. The first kappa shape index (κ1) is 16.2. The van der Waals surface area contributed by atoms with Crippen LogP contribution >= 0.6 is 0 Å². The molecule has 1 saturated heterocycles. The molecule has 0 N–H and O–H groups in total. The number of hydrogen-bond acceptors (Lipinski definition) is 6. The number of amides is 1. The lowest BCUT2D eigenvalue weighted by Crippen LogP contribution is -2.47. The van der Waals surface area contributed by atoms with Gasteiger partial charge in [-0.15, -0.1) is 0 Å². The molecule has 1 aliphatic carbocycles. The minimum absolute atomic E-state index is 0.123. The summed E-state index contributed by atoms with van der Waals surface area (Å²) in [5, 5.41) is 4.09. The smallest absolute Gasteiger partial charge is 0.273 e. The first-order valence-corrected chi connectivity index (χ1v) is 8.88. The van der Waals surface area contributed by atoms with E-state index in [0.29, 0.717) is 30.7 Å². The van der Waals surface area contributed by atoms with Gasteiger partial charge in [-0.25, -0.2) is 0 Å². The number of hydrogen-bond donors (Lipinski definition) is 0. The van der Waals surface area contributed by atoms with Crippen LogP contribution in [0.2, 0.25) is 0 Å². The van der Waals surface area contributed by atoms with Crippen LogP contribution in [0, 0.1) is 0 Å². The topological polar surface area (TPSA) is 81.4 Å². The quantitative estimate of drug-likeness (QED) is 0.849. The molecule has 25 heavy (non-hydrogen) atoms. The highest BCUT2D eigenvalue weighted by Gasteiger charge is 2.40. The number of rotatable bonds is 4. The third-order valence-electron chi connectivity index (χ3n) is 4.86. The lowest BCUT2D eigenvalue weighted by Gasteiger charge is -2.37. The van der Waals surface area contributed by atoms with Crippen LogP contribution in [-0.2, 0) is 11.2 Å². The number of carbonyl (C=O) groups is 1. The highest BCUT2D eigenvalue weighted by atomic mass is 16.5. The van der Waals surface area contributed by atoms with Gasteiger partial charge in [-0.1, -0.05) is 12.1 Å². The van der Waals surface area contributed by atoms with E-state index in [0.717, 1.165) is 30.7 Å². The number of morpholine rings is 1. The van der Waals surface area contributed by atoms with Gasteiger partial charge in [-0.3, -0.25) is 9.78 Å². The molecule has 2 aromatic heterocycles. The molecular formula is C18H22N4O3. The SMILES string of the molecule is CCc1ccnc(C(=O)N2CCO[C@H](C)[C@H]2c2nc(C3CC3)no2)c1. The molecule has 0 radical (unpaired) electrons. The fraction of sp³-hybridized carbons (Fsp3) is 0.556. The summed E-state index contributed by atoms with van der Waals surface area (Å²) >= 11 is 0. The Hall–Kier alpha value is -2.28. The zero-order valence-electron chi connectivity index (χ0n) is 14.5. The average molecular weight is 342 g/mol. The van der Waals surface area contributed by atoms with Gasteiger partial charge in [0.25, 0.3) is 11.8 Å². The Kier molecular flexibility index (Phi) is 4.25. The van der Waals surface area contributed by atoms with Crippen LogP contribution < -0.4 is 0 Å². The third kappa shape index (κ3) is 3.16. The van der Waals surface area contributed by atoms with E-state index >= 15 is 0 Å². The van der Waals surface area contributed by atoms with Gasteiger partial charge in [0.15, 0.2) is 5.82 Å². The maximum Gasteiger partial charge on any atom is 0.273 e. The molecule has 1 saturated carbocycles. The summed E-state index contributed by atoms with van der Waals surface area (Å²) in [5.74, 6) is 1.48. The molecule has 3 heterocycles. The molecular weight excluding hydrogens is 320 g/mol. The Balaban J connectivity index is 1.63. The molecule has 132 valence electrons. The third-order valence-corrected chi connectivity index (χ3v) is 4.86. The number of aromatic nitrogens is 3. The fourth-order valence-corrected chi connectivity index (χ4v) is 3.22. The normalized spacial score (nSPS) is 23.7.